The normalized spacial score (nSPS) is 10.8. The maximum Gasteiger partial charge on any atom is 0.250 e. The van der Waals surface area contributed by atoms with Gasteiger partial charge in [-0.15, -0.1) is 0 Å². The Bertz CT molecular complexity index is 560. The van der Waals surface area contributed by atoms with Crippen molar-refractivity contribution in [1.82, 2.24) is 4.57 Å². The van der Waals surface area contributed by atoms with E-state index in [4.69, 9.17) is 23.2 Å². The summed E-state index contributed by atoms with van der Waals surface area (Å²) in [6, 6.07) is 6.69. The molecule has 2 rings (SSSR count). The second kappa shape index (κ2) is 3.30. The first-order valence-electron chi connectivity index (χ1n) is 4.04. The van der Waals surface area contributed by atoms with Crippen molar-refractivity contribution < 1.29 is 0 Å². The molecule has 2 nitrogen and oxygen atoms in total. The summed E-state index contributed by atoms with van der Waals surface area (Å²) in [7, 11) is 1.70. The molecule has 0 amide bonds. The molecule has 1 heterocycles. The molecule has 1 aromatic carbocycles. The highest BCUT2D eigenvalue weighted by atomic mass is 35.5. The van der Waals surface area contributed by atoms with Crippen molar-refractivity contribution in [3.63, 3.8) is 0 Å². The van der Waals surface area contributed by atoms with E-state index < -0.39 is 0 Å². The van der Waals surface area contributed by atoms with Crippen molar-refractivity contribution in [1.29, 1.82) is 0 Å². The predicted octanol–water partition coefficient (Wildman–Crippen LogP) is 2.85. The summed E-state index contributed by atoms with van der Waals surface area (Å²) in [6.07, 6.45) is 0. The number of nitrogens with zero attached hydrogens (tertiary/aromatic N) is 1. The highest BCUT2D eigenvalue weighted by Gasteiger charge is 2.03. The van der Waals surface area contributed by atoms with Crippen molar-refractivity contribution in [3.8, 4) is 0 Å². The van der Waals surface area contributed by atoms with E-state index in [1.165, 1.54) is 10.6 Å². The van der Waals surface area contributed by atoms with E-state index in [1.54, 1.807) is 25.2 Å². The SMILES string of the molecule is Cn1c(=O)ccc2cc(Cl)c(Cl)cc21. The zero-order chi connectivity index (χ0) is 10.3. The fraction of sp³-hybridized carbons (Fsp3) is 0.100. The van der Waals surface area contributed by atoms with Crippen LogP contribution in [-0.4, -0.2) is 4.57 Å². The number of pyridine rings is 1. The first-order chi connectivity index (χ1) is 6.59. The number of halogens is 2. The van der Waals surface area contributed by atoms with Gasteiger partial charge in [-0.1, -0.05) is 23.2 Å². The van der Waals surface area contributed by atoms with Crippen LogP contribution in [0.25, 0.3) is 10.9 Å². The molecule has 0 fully saturated rings. The third-order valence-electron chi connectivity index (χ3n) is 2.17. The Balaban J connectivity index is 2.97. The molecule has 4 heteroatoms. The van der Waals surface area contributed by atoms with Gasteiger partial charge in [-0.2, -0.15) is 0 Å². The number of rotatable bonds is 0. The topological polar surface area (TPSA) is 22.0 Å². The Hall–Kier alpha value is -0.990. The molecule has 0 aliphatic rings. The molecule has 0 N–H and O–H groups in total. The molecule has 72 valence electrons. The van der Waals surface area contributed by atoms with Gasteiger partial charge in [0.2, 0.25) is 0 Å². The summed E-state index contributed by atoms with van der Waals surface area (Å²) in [6.45, 7) is 0. The lowest BCUT2D eigenvalue weighted by molar-refractivity contribution is 0.906. The lowest BCUT2D eigenvalue weighted by Gasteiger charge is -2.05. The van der Waals surface area contributed by atoms with Gasteiger partial charge in [-0.3, -0.25) is 4.79 Å². The molecule has 0 atom stereocenters. The number of benzene rings is 1. The number of hydrogen-bond donors (Lipinski definition) is 0. The van der Waals surface area contributed by atoms with Gasteiger partial charge in [0.25, 0.3) is 5.56 Å². The molecule has 0 bridgehead atoms. The standard InChI is InChI=1S/C10H7Cl2NO/c1-13-9-5-8(12)7(11)4-6(9)2-3-10(13)14/h2-5H,1H3. The van der Waals surface area contributed by atoms with Gasteiger partial charge in [0, 0.05) is 13.1 Å². The molecular formula is C10H7Cl2NO. The number of hydrogen-bond acceptors (Lipinski definition) is 1. The second-order valence-electron chi connectivity index (χ2n) is 3.06. The molecular weight excluding hydrogens is 221 g/mol. The Kier molecular flexibility index (Phi) is 2.25. The van der Waals surface area contributed by atoms with E-state index in [2.05, 4.69) is 0 Å². The van der Waals surface area contributed by atoms with Gasteiger partial charge >= 0.3 is 0 Å². The minimum Gasteiger partial charge on any atom is -0.311 e. The molecule has 0 spiro atoms. The molecule has 0 aliphatic heterocycles. The molecule has 1 aromatic heterocycles. The quantitative estimate of drug-likeness (QED) is 0.679. The molecule has 0 unspecified atom stereocenters. The van der Waals surface area contributed by atoms with Crippen molar-refractivity contribution in [3.05, 3.63) is 44.7 Å². The van der Waals surface area contributed by atoms with E-state index >= 15 is 0 Å². The van der Waals surface area contributed by atoms with Gasteiger partial charge in [0.05, 0.1) is 15.6 Å². The minimum atomic E-state index is -0.0594. The lowest BCUT2D eigenvalue weighted by atomic mass is 10.2. The highest BCUT2D eigenvalue weighted by Crippen LogP contribution is 2.26. The summed E-state index contributed by atoms with van der Waals surface area (Å²) in [5, 5.41) is 1.86. The van der Waals surface area contributed by atoms with E-state index in [9.17, 15) is 4.79 Å². The maximum absolute atomic E-state index is 11.3. The number of aryl methyl sites for hydroxylation is 1. The molecule has 0 saturated heterocycles. The van der Waals surface area contributed by atoms with Crippen LogP contribution in [0.2, 0.25) is 10.0 Å². The van der Waals surface area contributed by atoms with Crippen LogP contribution in [0.15, 0.2) is 29.1 Å². The van der Waals surface area contributed by atoms with Crippen molar-refractivity contribution in [2.24, 2.45) is 7.05 Å². The van der Waals surface area contributed by atoms with Crippen LogP contribution in [0.1, 0.15) is 0 Å². The van der Waals surface area contributed by atoms with Gasteiger partial charge in [-0.25, -0.2) is 0 Å². The third kappa shape index (κ3) is 1.41. The van der Waals surface area contributed by atoms with E-state index in [-0.39, 0.29) is 5.56 Å². The second-order valence-corrected chi connectivity index (χ2v) is 3.87. The summed E-state index contributed by atoms with van der Waals surface area (Å²) < 4.78 is 1.54. The fourth-order valence-electron chi connectivity index (χ4n) is 1.37. The monoisotopic (exact) mass is 227 g/mol. The first kappa shape index (κ1) is 9.56. The molecule has 0 radical (unpaired) electrons. The van der Waals surface area contributed by atoms with E-state index in [0.29, 0.717) is 10.0 Å². The molecule has 0 saturated carbocycles. The molecule has 14 heavy (non-hydrogen) atoms. The van der Waals surface area contributed by atoms with Gasteiger partial charge in [0.15, 0.2) is 0 Å². The number of fused-ring (bicyclic) bond motifs is 1. The van der Waals surface area contributed by atoms with E-state index in [1.807, 2.05) is 0 Å². The van der Waals surface area contributed by atoms with Crippen LogP contribution in [0.3, 0.4) is 0 Å². The Morgan fingerprint density at radius 2 is 1.79 bits per heavy atom. The number of aromatic nitrogens is 1. The largest absolute Gasteiger partial charge is 0.311 e. The smallest absolute Gasteiger partial charge is 0.250 e. The van der Waals surface area contributed by atoms with Crippen molar-refractivity contribution in [2.45, 2.75) is 0 Å². The van der Waals surface area contributed by atoms with Crippen LogP contribution >= 0.6 is 23.2 Å². The lowest BCUT2D eigenvalue weighted by Crippen LogP contribution is -2.14. The summed E-state index contributed by atoms with van der Waals surface area (Å²) in [4.78, 5) is 11.3. The van der Waals surface area contributed by atoms with Crippen LogP contribution in [0.5, 0.6) is 0 Å². The van der Waals surface area contributed by atoms with Gasteiger partial charge < -0.3 is 4.57 Å². The Labute approximate surface area is 90.7 Å². The highest BCUT2D eigenvalue weighted by molar-refractivity contribution is 6.42. The fourth-order valence-corrected chi connectivity index (χ4v) is 1.70. The maximum atomic E-state index is 11.3. The predicted molar refractivity (Wildman–Crippen MR) is 59.2 cm³/mol. The van der Waals surface area contributed by atoms with Crippen molar-refractivity contribution in [2.75, 3.05) is 0 Å². The first-order valence-corrected chi connectivity index (χ1v) is 4.80. The zero-order valence-electron chi connectivity index (χ0n) is 7.42. The molecule has 2 aromatic rings. The van der Waals surface area contributed by atoms with Crippen LogP contribution in [0.4, 0.5) is 0 Å². The summed E-state index contributed by atoms with van der Waals surface area (Å²) in [5.41, 5.74) is 0.725. The van der Waals surface area contributed by atoms with Crippen LogP contribution in [-0.2, 0) is 7.05 Å². The Morgan fingerprint density at radius 1 is 1.14 bits per heavy atom. The molecule has 0 aliphatic carbocycles. The average molecular weight is 228 g/mol. The van der Waals surface area contributed by atoms with Crippen LogP contribution < -0.4 is 5.56 Å². The van der Waals surface area contributed by atoms with Gasteiger partial charge in [-0.05, 0) is 23.6 Å². The van der Waals surface area contributed by atoms with Crippen LogP contribution in [0, 0.1) is 0 Å². The van der Waals surface area contributed by atoms with Crippen molar-refractivity contribution >= 4 is 34.1 Å². The Morgan fingerprint density at radius 3 is 2.50 bits per heavy atom. The zero-order valence-corrected chi connectivity index (χ0v) is 8.93. The van der Waals surface area contributed by atoms with E-state index in [0.717, 1.165) is 10.9 Å². The third-order valence-corrected chi connectivity index (χ3v) is 2.89. The van der Waals surface area contributed by atoms with Gasteiger partial charge in [0.1, 0.15) is 0 Å². The summed E-state index contributed by atoms with van der Waals surface area (Å²) in [5.74, 6) is 0. The summed E-state index contributed by atoms with van der Waals surface area (Å²) >= 11 is 11.7. The minimum absolute atomic E-state index is 0.0594. The average Bonchev–Trinajstić information content (AvgIpc) is 2.15.